The van der Waals surface area contributed by atoms with Crippen molar-refractivity contribution < 1.29 is 18.0 Å². The van der Waals surface area contributed by atoms with Gasteiger partial charge in [-0.1, -0.05) is 6.92 Å². The first kappa shape index (κ1) is 15.6. The lowest BCUT2D eigenvalue weighted by atomic mass is 9.91. The van der Waals surface area contributed by atoms with Gasteiger partial charge in [0.25, 0.3) is 0 Å². The van der Waals surface area contributed by atoms with Crippen LogP contribution in [0.3, 0.4) is 0 Å². The third-order valence-corrected chi connectivity index (χ3v) is 4.58. The Morgan fingerprint density at radius 3 is 2.40 bits per heavy atom. The first-order valence-electron chi connectivity index (χ1n) is 7.39. The molecule has 4 atom stereocenters. The third-order valence-electron chi connectivity index (χ3n) is 4.58. The van der Waals surface area contributed by atoms with Crippen molar-refractivity contribution in [3.8, 4) is 0 Å². The highest BCUT2D eigenvalue weighted by molar-refractivity contribution is 5.82. The first-order chi connectivity index (χ1) is 9.29. The Labute approximate surface area is 117 Å². The van der Waals surface area contributed by atoms with E-state index in [4.69, 9.17) is 0 Å². The molecule has 0 saturated carbocycles. The van der Waals surface area contributed by atoms with Crippen molar-refractivity contribution in [3.05, 3.63) is 0 Å². The number of rotatable bonds is 1. The second-order valence-corrected chi connectivity index (χ2v) is 6.30. The van der Waals surface area contributed by atoms with Crippen molar-refractivity contribution in [1.29, 1.82) is 0 Å². The van der Waals surface area contributed by atoms with E-state index in [1.807, 2.05) is 11.8 Å². The van der Waals surface area contributed by atoms with E-state index in [-0.39, 0.29) is 31.3 Å². The fraction of sp³-hybridized carbons (Fsp3) is 0.929. The molecule has 2 heterocycles. The summed E-state index contributed by atoms with van der Waals surface area (Å²) in [5.41, 5.74) is 0. The summed E-state index contributed by atoms with van der Waals surface area (Å²) in [5.74, 6) is -0.865. The number of nitrogens with one attached hydrogen (secondary N) is 1. The molecule has 2 aliphatic rings. The minimum Gasteiger partial charge on any atom is -0.338 e. The van der Waals surface area contributed by atoms with Crippen molar-refractivity contribution in [2.24, 2.45) is 11.8 Å². The molecule has 116 valence electrons. The zero-order valence-corrected chi connectivity index (χ0v) is 12.0. The molecule has 2 fully saturated rings. The van der Waals surface area contributed by atoms with Gasteiger partial charge in [0.2, 0.25) is 5.91 Å². The Hall–Kier alpha value is -0.780. The molecule has 0 aromatic rings. The van der Waals surface area contributed by atoms with Crippen LogP contribution in [0.25, 0.3) is 0 Å². The molecule has 2 saturated heterocycles. The number of piperidine rings is 2. The zero-order valence-electron chi connectivity index (χ0n) is 12.0. The Balaban J connectivity index is 1.91. The molecule has 1 N–H and O–H groups in total. The third kappa shape index (κ3) is 3.45. The van der Waals surface area contributed by atoms with Crippen LogP contribution in [0.5, 0.6) is 0 Å². The number of hydrogen-bond donors (Lipinski definition) is 1. The molecule has 0 aromatic heterocycles. The Morgan fingerprint density at radius 2 is 1.85 bits per heavy atom. The van der Waals surface area contributed by atoms with Gasteiger partial charge in [0.05, 0.1) is 12.0 Å². The summed E-state index contributed by atoms with van der Waals surface area (Å²) >= 11 is 0. The van der Waals surface area contributed by atoms with Crippen LogP contribution in [0.1, 0.15) is 39.5 Å². The van der Waals surface area contributed by atoms with Crippen LogP contribution in [0.4, 0.5) is 13.2 Å². The fourth-order valence-electron chi connectivity index (χ4n) is 3.14. The standard InChI is InChI=1S/C14H23F3N2O/c1-9-3-4-10(2)19(8-9)13(20)12-6-5-11(7-18-12)14(15,16)17/h9-12,18H,3-8H2,1-2H3. The summed E-state index contributed by atoms with van der Waals surface area (Å²) in [6.45, 7) is 4.71. The van der Waals surface area contributed by atoms with Gasteiger partial charge in [-0.3, -0.25) is 4.79 Å². The van der Waals surface area contributed by atoms with Crippen LogP contribution in [-0.4, -0.2) is 42.2 Å². The molecule has 0 aromatic carbocycles. The Bertz CT molecular complexity index is 351. The molecule has 1 amide bonds. The smallest absolute Gasteiger partial charge is 0.338 e. The van der Waals surface area contributed by atoms with Gasteiger partial charge in [0, 0.05) is 19.1 Å². The maximum atomic E-state index is 12.6. The van der Waals surface area contributed by atoms with Crippen molar-refractivity contribution in [2.45, 2.75) is 57.8 Å². The molecule has 0 bridgehead atoms. The monoisotopic (exact) mass is 292 g/mol. The Kier molecular flexibility index (Phi) is 4.62. The van der Waals surface area contributed by atoms with Gasteiger partial charge in [0.15, 0.2) is 0 Å². The zero-order chi connectivity index (χ0) is 14.9. The minimum absolute atomic E-state index is 0.0234. The highest BCUT2D eigenvalue weighted by Gasteiger charge is 2.43. The molecule has 0 aliphatic carbocycles. The van der Waals surface area contributed by atoms with Gasteiger partial charge < -0.3 is 10.2 Å². The number of likely N-dealkylation sites (tertiary alicyclic amines) is 1. The van der Waals surface area contributed by atoms with Crippen molar-refractivity contribution in [2.75, 3.05) is 13.1 Å². The van der Waals surface area contributed by atoms with Gasteiger partial charge in [-0.2, -0.15) is 13.2 Å². The molecule has 4 unspecified atom stereocenters. The van der Waals surface area contributed by atoms with Crippen LogP contribution in [0, 0.1) is 11.8 Å². The van der Waals surface area contributed by atoms with Gasteiger partial charge in [-0.15, -0.1) is 0 Å². The maximum Gasteiger partial charge on any atom is 0.393 e. The van der Waals surface area contributed by atoms with Crippen LogP contribution >= 0.6 is 0 Å². The van der Waals surface area contributed by atoms with Crippen LogP contribution < -0.4 is 5.32 Å². The first-order valence-corrected chi connectivity index (χ1v) is 7.39. The number of nitrogens with zero attached hydrogens (tertiary/aromatic N) is 1. The summed E-state index contributed by atoms with van der Waals surface area (Å²) in [7, 11) is 0. The number of alkyl halides is 3. The fourth-order valence-corrected chi connectivity index (χ4v) is 3.14. The van der Waals surface area contributed by atoms with Crippen LogP contribution in [-0.2, 0) is 4.79 Å². The molecule has 2 rings (SSSR count). The molecule has 2 aliphatic heterocycles. The van der Waals surface area contributed by atoms with E-state index in [2.05, 4.69) is 12.2 Å². The molecule has 20 heavy (non-hydrogen) atoms. The van der Waals surface area contributed by atoms with E-state index in [9.17, 15) is 18.0 Å². The molecular weight excluding hydrogens is 269 g/mol. The van der Waals surface area contributed by atoms with Crippen molar-refractivity contribution in [3.63, 3.8) is 0 Å². The summed E-state index contributed by atoms with van der Waals surface area (Å²) in [6, 6.07) is -0.248. The highest BCUT2D eigenvalue weighted by atomic mass is 19.4. The lowest BCUT2D eigenvalue weighted by Gasteiger charge is -2.40. The Morgan fingerprint density at radius 1 is 1.15 bits per heavy atom. The predicted molar refractivity (Wildman–Crippen MR) is 70.1 cm³/mol. The number of halogens is 3. The van der Waals surface area contributed by atoms with Gasteiger partial charge in [0.1, 0.15) is 0 Å². The lowest BCUT2D eigenvalue weighted by Crippen LogP contribution is -2.56. The number of amides is 1. The highest BCUT2D eigenvalue weighted by Crippen LogP contribution is 2.32. The summed E-state index contributed by atoms with van der Waals surface area (Å²) in [5, 5.41) is 2.80. The van der Waals surface area contributed by atoms with E-state index in [1.165, 1.54) is 0 Å². The summed E-state index contributed by atoms with van der Waals surface area (Å²) in [6.07, 6.45) is -1.75. The average molecular weight is 292 g/mol. The molecule has 3 nitrogen and oxygen atoms in total. The largest absolute Gasteiger partial charge is 0.393 e. The number of carbonyl (C=O) groups is 1. The van der Waals surface area contributed by atoms with E-state index in [0.29, 0.717) is 5.92 Å². The average Bonchev–Trinajstić information content (AvgIpc) is 2.40. The SMILES string of the molecule is CC1CCC(C)N(C(=O)C2CCC(C(F)(F)F)CN2)C1. The van der Waals surface area contributed by atoms with Crippen molar-refractivity contribution >= 4 is 5.91 Å². The topological polar surface area (TPSA) is 32.3 Å². The number of hydrogen-bond acceptors (Lipinski definition) is 2. The van der Waals surface area contributed by atoms with Gasteiger partial charge >= 0.3 is 6.18 Å². The predicted octanol–water partition coefficient (Wildman–Crippen LogP) is 2.56. The molecule has 0 spiro atoms. The van der Waals surface area contributed by atoms with E-state index >= 15 is 0 Å². The van der Waals surface area contributed by atoms with E-state index < -0.39 is 18.1 Å². The van der Waals surface area contributed by atoms with Gasteiger partial charge in [-0.25, -0.2) is 0 Å². The normalized spacial score (nSPS) is 36.0. The second kappa shape index (κ2) is 5.92. The lowest BCUT2D eigenvalue weighted by molar-refractivity contribution is -0.181. The minimum atomic E-state index is -4.16. The van der Waals surface area contributed by atoms with Crippen LogP contribution in [0.2, 0.25) is 0 Å². The quantitative estimate of drug-likeness (QED) is 0.805. The molecule has 6 heteroatoms. The number of carbonyl (C=O) groups excluding carboxylic acids is 1. The van der Waals surface area contributed by atoms with E-state index in [1.54, 1.807) is 0 Å². The molecule has 0 radical (unpaired) electrons. The van der Waals surface area contributed by atoms with E-state index in [0.717, 1.165) is 19.4 Å². The van der Waals surface area contributed by atoms with Crippen molar-refractivity contribution in [1.82, 2.24) is 10.2 Å². The van der Waals surface area contributed by atoms with Gasteiger partial charge in [-0.05, 0) is 38.5 Å². The second-order valence-electron chi connectivity index (χ2n) is 6.30. The summed E-state index contributed by atoms with van der Waals surface area (Å²) in [4.78, 5) is 14.3. The summed E-state index contributed by atoms with van der Waals surface area (Å²) < 4.78 is 37.8. The molecular formula is C14H23F3N2O. The maximum absolute atomic E-state index is 12.6. The van der Waals surface area contributed by atoms with Crippen LogP contribution in [0.15, 0.2) is 0 Å².